The van der Waals surface area contributed by atoms with Crippen LogP contribution in [0, 0.1) is 22.9 Å². The molecular formula is C13H28N3P. The van der Waals surface area contributed by atoms with E-state index in [9.17, 15) is 0 Å². The molecule has 0 aromatic heterocycles. The molecule has 0 amide bonds. The Kier molecular flexibility index (Phi) is 14.5. The fraction of sp³-hybridized carbons (Fsp3) is 0.846. The van der Waals surface area contributed by atoms with Crippen LogP contribution in [0.25, 0.3) is 0 Å². The maximum absolute atomic E-state index is 7.48. The predicted octanol–water partition coefficient (Wildman–Crippen LogP) is 3.52. The number of nitrogens with one attached hydrogen (secondary N) is 1. The fourth-order valence-electron chi connectivity index (χ4n) is 2.06. The van der Waals surface area contributed by atoms with E-state index in [1.807, 2.05) is 0 Å². The van der Waals surface area contributed by atoms with Gasteiger partial charge in [-0.05, 0) is 0 Å². The Labute approximate surface area is 108 Å². The summed E-state index contributed by atoms with van der Waals surface area (Å²) in [5.74, 6) is 0. The van der Waals surface area contributed by atoms with E-state index in [2.05, 4.69) is 27.7 Å². The summed E-state index contributed by atoms with van der Waals surface area (Å²) in [5, 5.41) is 16.7. The SMILES string of the molecule is CCCCC[PH](CC)(CC)CC.N#CNC#N. The second-order valence-corrected chi connectivity index (χ2v) is 9.99. The first-order valence-corrected chi connectivity index (χ1v) is 9.52. The first-order valence-electron chi connectivity index (χ1n) is 6.69. The second kappa shape index (κ2) is 13.3. The van der Waals surface area contributed by atoms with Gasteiger partial charge in [0, 0.05) is 0 Å². The Morgan fingerprint density at radius 1 is 0.882 bits per heavy atom. The minimum atomic E-state index is -0.755. The zero-order chi connectivity index (χ0) is 13.6. The molecule has 0 fully saturated rings. The molecule has 100 valence electrons. The van der Waals surface area contributed by atoms with Crippen molar-refractivity contribution in [3.05, 3.63) is 0 Å². The Bertz CT molecular complexity index is 216. The predicted molar refractivity (Wildman–Crippen MR) is 78.7 cm³/mol. The molecule has 0 unspecified atom stereocenters. The Morgan fingerprint density at radius 3 is 1.59 bits per heavy atom. The van der Waals surface area contributed by atoms with Crippen LogP contribution in [0.3, 0.4) is 0 Å². The Morgan fingerprint density at radius 2 is 1.35 bits per heavy atom. The monoisotopic (exact) mass is 257 g/mol. The molecule has 1 N–H and O–H groups in total. The van der Waals surface area contributed by atoms with Crippen molar-refractivity contribution in [2.24, 2.45) is 0 Å². The van der Waals surface area contributed by atoms with Crippen LogP contribution in [-0.2, 0) is 0 Å². The molecule has 0 aliphatic rings. The van der Waals surface area contributed by atoms with E-state index < -0.39 is 7.26 Å². The van der Waals surface area contributed by atoms with Crippen molar-refractivity contribution in [3.63, 3.8) is 0 Å². The average Bonchev–Trinajstić information content (AvgIpc) is 2.37. The number of nitrogens with zero attached hydrogens (tertiary/aromatic N) is 2. The summed E-state index contributed by atoms with van der Waals surface area (Å²) in [7, 11) is -0.755. The van der Waals surface area contributed by atoms with Crippen LogP contribution in [-0.4, -0.2) is 24.6 Å². The second-order valence-electron chi connectivity index (χ2n) is 4.37. The van der Waals surface area contributed by atoms with Crippen LogP contribution in [0.4, 0.5) is 0 Å². The van der Waals surface area contributed by atoms with Gasteiger partial charge in [0.05, 0.1) is 0 Å². The van der Waals surface area contributed by atoms with Gasteiger partial charge in [-0.25, -0.2) is 5.32 Å². The van der Waals surface area contributed by atoms with E-state index in [-0.39, 0.29) is 0 Å². The molecule has 0 rings (SSSR count). The largest absolute Gasteiger partial charge is 0.229 e. The molecule has 0 bridgehead atoms. The van der Waals surface area contributed by atoms with Gasteiger partial charge in [0.2, 0.25) is 0 Å². The van der Waals surface area contributed by atoms with Gasteiger partial charge in [0.15, 0.2) is 12.4 Å². The number of unbranched alkanes of at least 4 members (excludes halogenated alkanes) is 2. The summed E-state index contributed by atoms with van der Waals surface area (Å²) in [6.45, 7) is 9.52. The van der Waals surface area contributed by atoms with E-state index >= 15 is 0 Å². The van der Waals surface area contributed by atoms with Crippen molar-refractivity contribution in [3.8, 4) is 12.4 Å². The smallest absolute Gasteiger partial charge is 0.190 e. The van der Waals surface area contributed by atoms with Gasteiger partial charge >= 0.3 is 78.9 Å². The third kappa shape index (κ3) is 10.1. The summed E-state index contributed by atoms with van der Waals surface area (Å²) < 4.78 is 0. The molecule has 0 saturated heterocycles. The van der Waals surface area contributed by atoms with Crippen molar-refractivity contribution in [2.75, 3.05) is 24.6 Å². The topological polar surface area (TPSA) is 59.6 Å². The van der Waals surface area contributed by atoms with Crippen molar-refractivity contribution >= 4 is 7.26 Å². The van der Waals surface area contributed by atoms with Gasteiger partial charge in [-0.1, -0.05) is 0 Å². The minimum Gasteiger partial charge on any atom is -0.229 e. The van der Waals surface area contributed by atoms with E-state index in [0.29, 0.717) is 0 Å². The van der Waals surface area contributed by atoms with E-state index in [1.54, 1.807) is 11.5 Å². The summed E-state index contributed by atoms with van der Waals surface area (Å²) in [6, 6.07) is 0. The first kappa shape index (κ1) is 18.6. The van der Waals surface area contributed by atoms with Crippen LogP contribution in [0.2, 0.25) is 0 Å². The minimum absolute atomic E-state index is 0.755. The molecule has 3 nitrogen and oxygen atoms in total. The van der Waals surface area contributed by atoms with Crippen molar-refractivity contribution < 1.29 is 0 Å². The van der Waals surface area contributed by atoms with Gasteiger partial charge in [0.25, 0.3) is 0 Å². The van der Waals surface area contributed by atoms with E-state index in [0.717, 1.165) is 0 Å². The Hall–Kier alpha value is -0.790. The summed E-state index contributed by atoms with van der Waals surface area (Å²) in [4.78, 5) is 0. The van der Waals surface area contributed by atoms with Gasteiger partial charge in [-0.3, -0.25) is 0 Å². The van der Waals surface area contributed by atoms with E-state index in [1.165, 1.54) is 50.1 Å². The molecule has 0 aromatic carbocycles. The summed E-state index contributed by atoms with van der Waals surface area (Å²) in [5.41, 5.74) is 0. The molecule has 4 heteroatoms. The third-order valence-corrected chi connectivity index (χ3v) is 9.59. The van der Waals surface area contributed by atoms with Crippen LogP contribution in [0.15, 0.2) is 0 Å². The molecule has 0 aromatic rings. The maximum Gasteiger partial charge on any atom is 0.190 e. The van der Waals surface area contributed by atoms with Gasteiger partial charge < -0.3 is 0 Å². The van der Waals surface area contributed by atoms with Gasteiger partial charge in [0.1, 0.15) is 0 Å². The molecule has 17 heavy (non-hydrogen) atoms. The van der Waals surface area contributed by atoms with Crippen LogP contribution in [0.5, 0.6) is 0 Å². The number of rotatable bonds is 7. The number of hydrogen-bond donors (Lipinski definition) is 1. The van der Waals surface area contributed by atoms with Crippen LogP contribution < -0.4 is 5.32 Å². The fourth-order valence-corrected chi connectivity index (χ4v) is 5.62. The molecule has 0 aliphatic carbocycles. The molecule has 0 radical (unpaired) electrons. The summed E-state index contributed by atoms with van der Waals surface area (Å²) in [6.07, 6.45) is 13.2. The Balaban J connectivity index is 0. The molecule has 0 atom stereocenters. The molecular weight excluding hydrogens is 229 g/mol. The number of nitriles is 2. The molecule has 0 aliphatic heterocycles. The van der Waals surface area contributed by atoms with Crippen molar-refractivity contribution in [2.45, 2.75) is 47.0 Å². The van der Waals surface area contributed by atoms with Gasteiger partial charge in [-0.2, -0.15) is 10.5 Å². The average molecular weight is 257 g/mol. The third-order valence-electron chi connectivity index (χ3n) is 3.67. The zero-order valence-electron chi connectivity index (χ0n) is 11.8. The van der Waals surface area contributed by atoms with E-state index in [4.69, 9.17) is 10.5 Å². The first-order chi connectivity index (χ1) is 8.16. The van der Waals surface area contributed by atoms with Crippen LogP contribution in [0.1, 0.15) is 47.0 Å². The maximum atomic E-state index is 7.48. The van der Waals surface area contributed by atoms with Crippen molar-refractivity contribution in [1.29, 1.82) is 10.5 Å². The normalized spacial score (nSPS) is 10.5. The molecule has 0 saturated carbocycles. The van der Waals surface area contributed by atoms with Crippen molar-refractivity contribution in [1.82, 2.24) is 5.32 Å². The van der Waals surface area contributed by atoms with Crippen LogP contribution >= 0.6 is 7.26 Å². The quantitative estimate of drug-likeness (QED) is 0.328. The molecule has 0 spiro atoms. The van der Waals surface area contributed by atoms with Gasteiger partial charge in [-0.15, -0.1) is 0 Å². The molecule has 0 heterocycles. The standard InChI is InChI=1S/C11H27P.C2HN3/c1-5-9-10-11-12(6-2,7-3)8-4;3-1-5-2-4/h12H,5-11H2,1-4H3;5H. The number of hydrogen-bond acceptors (Lipinski definition) is 3. The zero-order valence-corrected chi connectivity index (χ0v) is 12.8. The summed E-state index contributed by atoms with van der Waals surface area (Å²) >= 11 is 0.